The Kier molecular flexibility index (Phi) is 4.14. The molecule has 0 saturated carbocycles. The van der Waals surface area contributed by atoms with Crippen molar-refractivity contribution < 1.29 is 4.79 Å². The Labute approximate surface area is 86.2 Å². The van der Waals surface area contributed by atoms with Crippen molar-refractivity contribution in [2.24, 2.45) is 5.92 Å². The van der Waals surface area contributed by atoms with Crippen LogP contribution in [0.3, 0.4) is 0 Å². The van der Waals surface area contributed by atoms with Crippen LogP contribution in [0.5, 0.6) is 0 Å². The molecule has 0 radical (unpaired) electrons. The van der Waals surface area contributed by atoms with Crippen molar-refractivity contribution in [2.75, 3.05) is 26.7 Å². The lowest BCUT2D eigenvalue weighted by atomic mass is 10.1. The van der Waals surface area contributed by atoms with Crippen LogP contribution in [0.15, 0.2) is 11.6 Å². The molecule has 1 rings (SSSR count). The summed E-state index contributed by atoms with van der Waals surface area (Å²) in [6.45, 7) is 6.75. The van der Waals surface area contributed by atoms with Gasteiger partial charge in [0.25, 0.3) is 0 Å². The van der Waals surface area contributed by atoms with E-state index in [4.69, 9.17) is 0 Å². The number of allylic oxidation sites excluding steroid dienone is 1. The van der Waals surface area contributed by atoms with Gasteiger partial charge < -0.3 is 10.2 Å². The van der Waals surface area contributed by atoms with E-state index in [1.807, 2.05) is 25.8 Å². The Morgan fingerprint density at radius 2 is 2.29 bits per heavy atom. The molecule has 0 aromatic heterocycles. The molecular weight excluding hydrogens is 176 g/mol. The molecular formula is C11H20N2O. The molecule has 1 fully saturated rings. The van der Waals surface area contributed by atoms with Crippen LogP contribution in [0.1, 0.15) is 20.3 Å². The van der Waals surface area contributed by atoms with Gasteiger partial charge in [0.05, 0.1) is 0 Å². The van der Waals surface area contributed by atoms with E-state index in [0.29, 0.717) is 5.92 Å². The second kappa shape index (κ2) is 5.15. The number of hydrogen-bond donors (Lipinski definition) is 1. The third-order valence-electron chi connectivity index (χ3n) is 2.50. The number of likely N-dealkylation sites (tertiary alicyclic amines) is 1. The summed E-state index contributed by atoms with van der Waals surface area (Å²) in [5.74, 6) is 0.804. The van der Waals surface area contributed by atoms with Gasteiger partial charge >= 0.3 is 0 Å². The molecule has 0 aromatic rings. The minimum Gasteiger partial charge on any atom is -0.339 e. The highest BCUT2D eigenvalue weighted by atomic mass is 16.2. The summed E-state index contributed by atoms with van der Waals surface area (Å²) in [6.07, 6.45) is 2.85. The quantitative estimate of drug-likeness (QED) is 0.684. The molecule has 1 saturated heterocycles. The number of amides is 1. The molecule has 0 aromatic carbocycles. The average molecular weight is 196 g/mol. The predicted octanol–water partition coefficient (Wildman–Crippen LogP) is 1.02. The Hall–Kier alpha value is -0.830. The molecule has 3 nitrogen and oxygen atoms in total. The maximum absolute atomic E-state index is 11.6. The smallest absolute Gasteiger partial charge is 0.246 e. The maximum atomic E-state index is 11.6. The number of hydrogen-bond acceptors (Lipinski definition) is 2. The lowest BCUT2D eigenvalue weighted by Crippen LogP contribution is -2.29. The molecule has 1 N–H and O–H groups in total. The zero-order chi connectivity index (χ0) is 10.6. The van der Waals surface area contributed by atoms with E-state index in [9.17, 15) is 4.79 Å². The third kappa shape index (κ3) is 3.14. The maximum Gasteiger partial charge on any atom is 0.246 e. The van der Waals surface area contributed by atoms with Crippen LogP contribution in [-0.4, -0.2) is 37.5 Å². The van der Waals surface area contributed by atoms with Gasteiger partial charge in [-0.2, -0.15) is 0 Å². The van der Waals surface area contributed by atoms with E-state index in [0.717, 1.165) is 31.6 Å². The molecule has 0 spiro atoms. The minimum atomic E-state index is 0.170. The Balaban J connectivity index is 2.42. The lowest BCUT2D eigenvalue weighted by Gasteiger charge is -2.14. The van der Waals surface area contributed by atoms with Gasteiger partial charge in [0.1, 0.15) is 0 Å². The molecule has 0 aliphatic carbocycles. The lowest BCUT2D eigenvalue weighted by molar-refractivity contribution is -0.125. The fourth-order valence-electron chi connectivity index (χ4n) is 1.83. The van der Waals surface area contributed by atoms with Gasteiger partial charge in [-0.1, -0.05) is 5.57 Å². The van der Waals surface area contributed by atoms with Crippen molar-refractivity contribution in [3.8, 4) is 0 Å². The Morgan fingerprint density at radius 1 is 1.57 bits per heavy atom. The molecule has 1 heterocycles. The Bertz CT molecular complexity index is 231. The van der Waals surface area contributed by atoms with E-state index in [-0.39, 0.29) is 5.91 Å². The Morgan fingerprint density at radius 3 is 2.86 bits per heavy atom. The second-order valence-electron chi connectivity index (χ2n) is 4.22. The predicted molar refractivity (Wildman–Crippen MR) is 58.0 cm³/mol. The van der Waals surface area contributed by atoms with Crippen LogP contribution in [0.4, 0.5) is 0 Å². The summed E-state index contributed by atoms with van der Waals surface area (Å²) < 4.78 is 0. The molecule has 1 aliphatic heterocycles. The summed E-state index contributed by atoms with van der Waals surface area (Å²) in [4.78, 5) is 13.6. The molecule has 3 heteroatoms. The first-order chi connectivity index (χ1) is 6.63. The van der Waals surface area contributed by atoms with Crippen LogP contribution in [0, 0.1) is 5.92 Å². The van der Waals surface area contributed by atoms with Crippen molar-refractivity contribution in [3.05, 3.63) is 11.6 Å². The summed E-state index contributed by atoms with van der Waals surface area (Å²) >= 11 is 0. The molecule has 80 valence electrons. The second-order valence-corrected chi connectivity index (χ2v) is 4.22. The van der Waals surface area contributed by atoms with Gasteiger partial charge in [-0.05, 0) is 39.8 Å². The number of carbonyl (C=O) groups excluding carboxylic acids is 1. The first kappa shape index (κ1) is 11.2. The van der Waals surface area contributed by atoms with E-state index < -0.39 is 0 Å². The van der Waals surface area contributed by atoms with Crippen LogP contribution in [0.25, 0.3) is 0 Å². The van der Waals surface area contributed by atoms with Gasteiger partial charge in [0.2, 0.25) is 5.91 Å². The number of carbonyl (C=O) groups is 1. The highest BCUT2D eigenvalue weighted by Crippen LogP contribution is 2.15. The van der Waals surface area contributed by atoms with Gasteiger partial charge in [0, 0.05) is 19.2 Å². The monoisotopic (exact) mass is 196 g/mol. The van der Waals surface area contributed by atoms with Crippen molar-refractivity contribution in [1.29, 1.82) is 0 Å². The molecule has 1 amide bonds. The summed E-state index contributed by atoms with van der Waals surface area (Å²) in [5, 5.41) is 3.16. The fraction of sp³-hybridized carbons (Fsp3) is 0.727. The number of nitrogens with one attached hydrogen (secondary N) is 1. The normalized spacial score (nSPS) is 21.1. The summed E-state index contributed by atoms with van der Waals surface area (Å²) in [6, 6.07) is 0. The molecule has 14 heavy (non-hydrogen) atoms. The van der Waals surface area contributed by atoms with Gasteiger partial charge in [0.15, 0.2) is 0 Å². The third-order valence-corrected chi connectivity index (χ3v) is 2.50. The van der Waals surface area contributed by atoms with E-state index in [2.05, 4.69) is 5.32 Å². The zero-order valence-electron chi connectivity index (χ0n) is 9.34. The summed E-state index contributed by atoms with van der Waals surface area (Å²) in [7, 11) is 1.96. The molecule has 1 unspecified atom stereocenters. The highest BCUT2D eigenvalue weighted by Gasteiger charge is 2.24. The van der Waals surface area contributed by atoms with Gasteiger partial charge in [-0.3, -0.25) is 4.79 Å². The molecule has 0 bridgehead atoms. The number of rotatable bonds is 3. The first-order valence-electron chi connectivity index (χ1n) is 5.22. The van der Waals surface area contributed by atoms with Crippen LogP contribution in [0.2, 0.25) is 0 Å². The standard InChI is InChI=1S/C11H20N2O/c1-9(2)6-11(14)13-5-4-10(8-13)7-12-3/h6,10,12H,4-5,7-8H2,1-3H3. The number of nitrogens with zero attached hydrogens (tertiary/aromatic N) is 1. The largest absolute Gasteiger partial charge is 0.339 e. The summed E-state index contributed by atoms with van der Waals surface area (Å²) in [5.41, 5.74) is 1.08. The topological polar surface area (TPSA) is 32.3 Å². The zero-order valence-corrected chi connectivity index (χ0v) is 9.34. The highest BCUT2D eigenvalue weighted by molar-refractivity contribution is 5.88. The van der Waals surface area contributed by atoms with Crippen molar-refractivity contribution in [1.82, 2.24) is 10.2 Å². The van der Waals surface area contributed by atoms with Crippen LogP contribution in [-0.2, 0) is 4.79 Å². The minimum absolute atomic E-state index is 0.170. The molecule has 1 atom stereocenters. The fourth-order valence-corrected chi connectivity index (χ4v) is 1.83. The van der Waals surface area contributed by atoms with E-state index in [1.165, 1.54) is 0 Å². The van der Waals surface area contributed by atoms with E-state index in [1.54, 1.807) is 6.08 Å². The van der Waals surface area contributed by atoms with Crippen LogP contribution < -0.4 is 5.32 Å². The van der Waals surface area contributed by atoms with Crippen LogP contribution >= 0.6 is 0 Å². The average Bonchev–Trinajstić information content (AvgIpc) is 2.52. The van der Waals surface area contributed by atoms with Crippen molar-refractivity contribution >= 4 is 5.91 Å². The molecule has 1 aliphatic rings. The van der Waals surface area contributed by atoms with Gasteiger partial charge in [-0.25, -0.2) is 0 Å². The van der Waals surface area contributed by atoms with E-state index >= 15 is 0 Å². The van der Waals surface area contributed by atoms with Crippen molar-refractivity contribution in [2.45, 2.75) is 20.3 Å². The SMILES string of the molecule is CNCC1CCN(C(=O)C=C(C)C)C1. The first-order valence-corrected chi connectivity index (χ1v) is 5.22. The van der Waals surface area contributed by atoms with Crippen molar-refractivity contribution in [3.63, 3.8) is 0 Å². The van der Waals surface area contributed by atoms with Gasteiger partial charge in [-0.15, -0.1) is 0 Å².